The molecule has 0 atom stereocenters. The van der Waals surface area contributed by atoms with Crippen molar-refractivity contribution in [3.05, 3.63) is 59.2 Å². The molecule has 1 amide bonds. The van der Waals surface area contributed by atoms with Crippen molar-refractivity contribution in [2.75, 3.05) is 20.2 Å². The smallest absolute Gasteiger partial charge is 0.251 e. The highest BCUT2D eigenvalue weighted by Gasteiger charge is 2.28. The van der Waals surface area contributed by atoms with Crippen molar-refractivity contribution in [3.63, 3.8) is 0 Å². The maximum Gasteiger partial charge on any atom is 0.251 e. The van der Waals surface area contributed by atoms with Gasteiger partial charge < -0.3 is 10.1 Å². The second-order valence-corrected chi connectivity index (χ2v) is 9.50. The molecule has 2 aromatic carbocycles. The number of nitrogens with zero attached hydrogens (tertiary/aromatic N) is 1. The number of aryl methyl sites for hydroxylation is 1. The summed E-state index contributed by atoms with van der Waals surface area (Å²) >= 11 is 0. The Hall–Kier alpha value is -2.38. The highest BCUT2D eigenvalue weighted by Crippen LogP contribution is 2.25. The van der Waals surface area contributed by atoms with E-state index in [0.717, 1.165) is 24.0 Å². The molecule has 7 heteroatoms. The van der Waals surface area contributed by atoms with Crippen LogP contribution in [0.2, 0.25) is 0 Å². The highest BCUT2D eigenvalue weighted by atomic mass is 32.2. The summed E-state index contributed by atoms with van der Waals surface area (Å²) in [5.74, 6) is 0.925. The van der Waals surface area contributed by atoms with Crippen LogP contribution in [-0.2, 0) is 16.6 Å². The molecule has 0 saturated carbocycles. The van der Waals surface area contributed by atoms with Gasteiger partial charge in [-0.15, -0.1) is 0 Å². The predicted octanol–water partition coefficient (Wildman–Crippen LogP) is 3.35. The fraction of sp³-hybridized carbons (Fsp3) is 0.409. The number of sulfonamides is 1. The van der Waals surface area contributed by atoms with Crippen molar-refractivity contribution in [2.45, 2.75) is 38.1 Å². The Kier molecular flexibility index (Phi) is 6.59. The van der Waals surface area contributed by atoms with Gasteiger partial charge in [0.15, 0.2) is 0 Å². The normalized spacial score (nSPS) is 15.8. The molecule has 0 aromatic heterocycles. The second kappa shape index (κ2) is 8.97. The van der Waals surface area contributed by atoms with Gasteiger partial charge in [0.05, 0.1) is 12.0 Å². The van der Waals surface area contributed by atoms with E-state index in [1.807, 2.05) is 24.3 Å². The number of nitrogens with one attached hydrogen (secondary N) is 1. The average molecular weight is 417 g/mol. The quantitative estimate of drug-likeness (QED) is 0.784. The number of para-hydroxylation sites is 1. The molecule has 1 aliphatic heterocycles. The number of methoxy groups -OCH3 is 1. The zero-order valence-corrected chi connectivity index (χ0v) is 18.0. The van der Waals surface area contributed by atoms with Crippen LogP contribution in [0.5, 0.6) is 5.75 Å². The monoisotopic (exact) mass is 416 g/mol. The maximum absolute atomic E-state index is 13.0. The standard InChI is InChI=1S/C22H28N2O4S/c1-16-10-12-24(13-11-16)29(26,27)19-9-8-17(2)20(14-19)22(25)23-15-18-6-4-5-7-21(18)28-3/h4-9,14,16H,10-13,15H2,1-3H3,(H,23,25). The Bertz CT molecular complexity index is 980. The molecule has 156 valence electrons. The number of piperidine rings is 1. The van der Waals surface area contributed by atoms with E-state index in [9.17, 15) is 13.2 Å². The van der Waals surface area contributed by atoms with E-state index in [1.54, 1.807) is 26.2 Å². The lowest BCUT2D eigenvalue weighted by Gasteiger charge is -2.29. The van der Waals surface area contributed by atoms with Gasteiger partial charge in [0, 0.05) is 30.8 Å². The first kappa shape index (κ1) is 21.3. The average Bonchev–Trinajstić information content (AvgIpc) is 2.72. The summed E-state index contributed by atoms with van der Waals surface area (Å²) in [4.78, 5) is 12.9. The summed E-state index contributed by atoms with van der Waals surface area (Å²) in [6, 6.07) is 12.2. The Morgan fingerprint density at radius 1 is 1.17 bits per heavy atom. The van der Waals surface area contributed by atoms with Crippen LogP contribution in [-0.4, -0.2) is 38.8 Å². The van der Waals surface area contributed by atoms with Crippen molar-refractivity contribution < 1.29 is 17.9 Å². The molecule has 1 heterocycles. The first-order chi connectivity index (χ1) is 13.8. The molecule has 0 unspecified atom stereocenters. The minimum atomic E-state index is -3.60. The third-order valence-electron chi connectivity index (χ3n) is 5.47. The zero-order chi connectivity index (χ0) is 21.0. The topological polar surface area (TPSA) is 75.7 Å². The van der Waals surface area contributed by atoms with Gasteiger partial charge in [-0.2, -0.15) is 4.31 Å². The van der Waals surface area contributed by atoms with Crippen LogP contribution in [0.25, 0.3) is 0 Å². The Labute approximate surface area is 172 Å². The van der Waals surface area contributed by atoms with E-state index in [2.05, 4.69) is 12.2 Å². The largest absolute Gasteiger partial charge is 0.496 e. The number of rotatable bonds is 6. The molecular weight excluding hydrogens is 388 g/mol. The Morgan fingerprint density at radius 3 is 2.55 bits per heavy atom. The van der Waals surface area contributed by atoms with E-state index in [1.165, 1.54) is 10.4 Å². The first-order valence-electron chi connectivity index (χ1n) is 9.84. The van der Waals surface area contributed by atoms with Crippen molar-refractivity contribution >= 4 is 15.9 Å². The molecule has 29 heavy (non-hydrogen) atoms. The first-order valence-corrected chi connectivity index (χ1v) is 11.3. The molecular formula is C22H28N2O4S. The SMILES string of the molecule is COc1ccccc1CNC(=O)c1cc(S(=O)(=O)N2CCC(C)CC2)ccc1C. The number of carbonyl (C=O) groups excluding carboxylic acids is 1. The van der Waals surface area contributed by atoms with E-state index >= 15 is 0 Å². The highest BCUT2D eigenvalue weighted by molar-refractivity contribution is 7.89. The number of benzene rings is 2. The molecule has 3 rings (SSSR count). The Balaban J connectivity index is 1.78. The van der Waals surface area contributed by atoms with E-state index in [4.69, 9.17) is 4.74 Å². The summed E-state index contributed by atoms with van der Waals surface area (Å²) in [5, 5.41) is 2.87. The summed E-state index contributed by atoms with van der Waals surface area (Å²) in [6.07, 6.45) is 1.72. The van der Waals surface area contributed by atoms with Crippen LogP contribution in [0, 0.1) is 12.8 Å². The van der Waals surface area contributed by atoms with Gasteiger partial charge in [0.1, 0.15) is 5.75 Å². The number of amides is 1. The van der Waals surface area contributed by atoms with Crippen molar-refractivity contribution in [3.8, 4) is 5.75 Å². The molecule has 1 N–H and O–H groups in total. The van der Waals surface area contributed by atoms with E-state index in [-0.39, 0.29) is 10.8 Å². The summed E-state index contributed by atoms with van der Waals surface area (Å²) < 4.78 is 32.9. The summed E-state index contributed by atoms with van der Waals surface area (Å²) in [7, 11) is -2.02. The van der Waals surface area contributed by atoms with Crippen molar-refractivity contribution in [1.29, 1.82) is 0 Å². The van der Waals surface area contributed by atoms with Gasteiger partial charge in [0.2, 0.25) is 10.0 Å². The fourth-order valence-electron chi connectivity index (χ4n) is 3.50. The van der Waals surface area contributed by atoms with Crippen molar-refractivity contribution in [1.82, 2.24) is 9.62 Å². The molecule has 2 aromatic rings. The van der Waals surface area contributed by atoms with Gasteiger partial charge in [-0.3, -0.25) is 4.79 Å². The fourth-order valence-corrected chi connectivity index (χ4v) is 5.00. The van der Waals surface area contributed by atoms with Crippen LogP contribution in [0.1, 0.15) is 41.3 Å². The third kappa shape index (κ3) is 4.79. The second-order valence-electron chi connectivity index (χ2n) is 7.56. The van der Waals surface area contributed by atoms with E-state index < -0.39 is 10.0 Å². The van der Waals surface area contributed by atoms with Crippen molar-refractivity contribution in [2.24, 2.45) is 5.92 Å². The molecule has 0 radical (unpaired) electrons. The van der Waals surface area contributed by atoms with Gasteiger partial charge in [-0.1, -0.05) is 31.2 Å². The lowest BCUT2D eigenvalue weighted by Crippen LogP contribution is -2.38. The number of carbonyl (C=O) groups is 1. The van der Waals surface area contributed by atoms with Crippen LogP contribution in [0.15, 0.2) is 47.4 Å². The molecule has 0 spiro atoms. The molecule has 1 fully saturated rings. The van der Waals surface area contributed by atoms with Crippen LogP contribution >= 0.6 is 0 Å². The van der Waals surface area contributed by atoms with Gasteiger partial charge in [-0.25, -0.2) is 8.42 Å². The number of hydrogen-bond donors (Lipinski definition) is 1. The predicted molar refractivity (Wildman–Crippen MR) is 113 cm³/mol. The van der Waals surface area contributed by atoms with Crippen LogP contribution in [0.4, 0.5) is 0 Å². The third-order valence-corrected chi connectivity index (χ3v) is 7.36. The molecule has 0 bridgehead atoms. The Morgan fingerprint density at radius 2 is 1.86 bits per heavy atom. The maximum atomic E-state index is 13.0. The van der Waals surface area contributed by atoms with Gasteiger partial charge >= 0.3 is 0 Å². The zero-order valence-electron chi connectivity index (χ0n) is 17.1. The number of ether oxygens (including phenoxy) is 1. The molecule has 0 aliphatic carbocycles. The minimum Gasteiger partial charge on any atom is -0.496 e. The van der Waals surface area contributed by atoms with Crippen LogP contribution in [0.3, 0.4) is 0 Å². The van der Waals surface area contributed by atoms with E-state index in [0.29, 0.717) is 36.9 Å². The lowest BCUT2D eigenvalue weighted by atomic mass is 10.0. The number of hydrogen-bond acceptors (Lipinski definition) is 4. The lowest BCUT2D eigenvalue weighted by molar-refractivity contribution is 0.0950. The van der Waals surface area contributed by atoms with Crippen LogP contribution < -0.4 is 10.1 Å². The summed E-state index contributed by atoms with van der Waals surface area (Å²) in [6.45, 7) is 5.28. The van der Waals surface area contributed by atoms with Gasteiger partial charge in [0.25, 0.3) is 5.91 Å². The minimum absolute atomic E-state index is 0.167. The summed E-state index contributed by atoms with van der Waals surface area (Å²) in [5.41, 5.74) is 1.95. The van der Waals surface area contributed by atoms with Gasteiger partial charge in [-0.05, 0) is 49.4 Å². The molecule has 6 nitrogen and oxygen atoms in total. The molecule has 1 saturated heterocycles. The molecule has 1 aliphatic rings.